The van der Waals surface area contributed by atoms with Crippen LogP contribution in [-0.2, 0) is 9.53 Å². The van der Waals surface area contributed by atoms with E-state index >= 15 is 0 Å². The van der Waals surface area contributed by atoms with Gasteiger partial charge in [0.25, 0.3) is 11.6 Å². The molecule has 1 atom stereocenters. The lowest BCUT2D eigenvalue weighted by molar-refractivity contribution is -0.384. The van der Waals surface area contributed by atoms with Crippen molar-refractivity contribution in [2.45, 2.75) is 50.7 Å². The van der Waals surface area contributed by atoms with E-state index in [9.17, 15) is 25.0 Å². The molecule has 0 saturated heterocycles. The van der Waals surface area contributed by atoms with Gasteiger partial charge in [0.1, 0.15) is 10.4 Å². The van der Waals surface area contributed by atoms with Gasteiger partial charge in [-0.2, -0.15) is 5.26 Å². The lowest BCUT2D eigenvalue weighted by Gasteiger charge is -2.32. The number of rotatable bonds is 5. The Bertz CT molecular complexity index is 972. The standard InChI is InChI=1S/C19H19N3O5S/c1-12(17(23)21-19(11-20)7-3-2-4-8-19)27-18(24)16-10-13-9-14(22(25)26)5-6-15(13)28-16/h5-6,9-10,12H,2-4,7-8H2,1H3,(H,21,23)/t12-/m1/s1. The Morgan fingerprint density at radius 2 is 2.04 bits per heavy atom. The van der Waals surface area contributed by atoms with Crippen molar-refractivity contribution in [3.05, 3.63) is 39.3 Å². The summed E-state index contributed by atoms with van der Waals surface area (Å²) in [6, 6.07) is 8.04. The van der Waals surface area contributed by atoms with Crippen LogP contribution in [0.2, 0.25) is 0 Å². The van der Waals surface area contributed by atoms with E-state index in [-0.39, 0.29) is 10.6 Å². The van der Waals surface area contributed by atoms with E-state index in [4.69, 9.17) is 4.74 Å². The number of fused-ring (bicyclic) bond motifs is 1. The van der Waals surface area contributed by atoms with Crippen molar-refractivity contribution in [1.82, 2.24) is 5.32 Å². The molecule has 1 heterocycles. The van der Waals surface area contributed by atoms with Gasteiger partial charge in [-0.25, -0.2) is 4.79 Å². The van der Waals surface area contributed by atoms with E-state index in [1.54, 1.807) is 6.07 Å². The van der Waals surface area contributed by atoms with E-state index in [2.05, 4.69) is 11.4 Å². The number of benzene rings is 1. The van der Waals surface area contributed by atoms with Crippen molar-refractivity contribution in [3.8, 4) is 6.07 Å². The van der Waals surface area contributed by atoms with Crippen molar-refractivity contribution in [3.63, 3.8) is 0 Å². The number of nitrogens with one attached hydrogen (secondary N) is 1. The summed E-state index contributed by atoms with van der Waals surface area (Å²) in [6.07, 6.45) is 2.90. The Morgan fingerprint density at radius 3 is 2.68 bits per heavy atom. The largest absolute Gasteiger partial charge is 0.448 e. The number of ether oxygens (including phenoxy) is 1. The summed E-state index contributed by atoms with van der Waals surface area (Å²) in [6.45, 7) is 1.46. The van der Waals surface area contributed by atoms with Gasteiger partial charge < -0.3 is 10.1 Å². The lowest BCUT2D eigenvalue weighted by Crippen LogP contribution is -2.52. The van der Waals surface area contributed by atoms with Gasteiger partial charge in [-0.15, -0.1) is 11.3 Å². The van der Waals surface area contributed by atoms with Crippen LogP contribution < -0.4 is 5.32 Å². The average molecular weight is 401 g/mol. The summed E-state index contributed by atoms with van der Waals surface area (Å²) in [4.78, 5) is 35.4. The molecule has 0 aliphatic heterocycles. The minimum absolute atomic E-state index is 0.0627. The fourth-order valence-electron chi connectivity index (χ4n) is 3.27. The zero-order valence-corrected chi connectivity index (χ0v) is 16.1. The summed E-state index contributed by atoms with van der Waals surface area (Å²) >= 11 is 1.14. The number of nitro groups is 1. The molecule has 8 nitrogen and oxygen atoms in total. The molecule has 3 rings (SSSR count). The second-order valence-corrected chi connectivity index (χ2v) is 7.97. The molecule has 1 aliphatic carbocycles. The van der Waals surface area contributed by atoms with Crippen molar-refractivity contribution in [2.75, 3.05) is 0 Å². The van der Waals surface area contributed by atoms with Crippen LogP contribution in [-0.4, -0.2) is 28.4 Å². The third-order valence-electron chi connectivity index (χ3n) is 4.85. The number of non-ortho nitro benzene ring substituents is 1. The second kappa shape index (κ2) is 7.94. The molecule has 1 aliphatic rings. The van der Waals surface area contributed by atoms with Gasteiger partial charge in [0.15, 0.2) is 6.10 Å². The number of hydrogen-bond acceptors (Lipinski definition) is 7. The molecule has 1 amide bonds. The maximum atomic E-state index is 12.4. The van der Waals surface area contributed by atoms with Crippen LogP contribution in [0.5, 0.6) is 0 Å². The second-order valence-electron chi connectivity index (χ2n) is 6.88. The summed E-state index contributed by atoms with van der Waals surface area (Å²) in [5.74, 6) is -1.19. The topological polar surface area (TPSA) is 122 Å². The normalized spacial score (nSPS) is 16.7. The molecule has 9 heteroatoms. The molecule has 1 aromatic carbocycles. The quantitative estimate of drug-likeness (QED) is 0.463. The maximum absolute atomic E-state index is 12.4. The molecule has 1 fully saturated rings. The van der Waals surface area contributed by atoms with Gasteiger partial charge in [0.05, 0.1) is 11.0 Å². The molecule has 28 heavy (non-hydrogen) atoms. The number of carbonyl (C=O) groups is 2. The van der Waals surface area contributed by atoms with Gasteiger partial charge in [-0.3, -0.25) is 14.9 Å². The highest BCUT2D eigenvalue weighted by Gasteiger charge is 2.35. The summed E-state index contributed by atoms with van der Waals surface area (Å²) < 4.78 is 5.96. The van der Waals surface area contributed by atoms with E-state index in [1.165, 1.54) is 25.1 Å². The van der Waals surface area contributed by atoms with Gasteiger partial charge >= 0.3 is 5.97 Å². The molecule has 0 radical (unpaired) electrons. The van der Waals surface area contributed by atoms with E-state index in [0.717, 1.165) is 30.6 Å². The summed E-state index contributed by atoms with van der Waals surface area (Å²) in [5.41, 5.74) is -0.959. The SMILES string of the molecule is C[C@@H](OC(=O)c1cc2cc([N+](=O)[O-])ccc2s1)C(=O)NC1(C#N)CCCCC1. The predicted molar refractivity (Wildman–Crippen MR) is 103 cm³/mol. The Kier molecular flexibility index (Phi) is 5.61. The molecule has 0 unspecified atom stereocenters. The van der Waals surface area contributed by atoms with E-state index < -0.39 is 28.4 Å². The minimum Gasteiger partial charge on any atom is -0.448 e. The maximum Gasteiger partial charge on any atom is 0.349 e. The Balaban J connectivity index is 1.68. The number of carbonyl (C=O) groups excluding carboxylic acids is 2. The number of nitrogens with zero attached hydrogens (tertiary/aromatic N) is 2. The first-order valence-corrected chi connectivity index (χ1v) is 9.77. The first-order valence-electron chi connectivity index (χ1n) is 8.96. The Labute approximate surface area is 165 Å². The van der Waals surface area contributed by atoms with Crippen molar-refractivity contribution >= 4 is 39.0 Å². The number of esters is 1. The molecule has 2 aromatic rings. The van der Waals surface area contributed by atoms with Crippen LogP contribution >= 0.6 is 11.3 Å². The van der Waals surface area contributed by atoms with Crippen molar-refractivity contribution < 1.29 is 19.2 Å². The molecular weight excluding hydrogens is 382 g/mol. The third kappa shape index (κ3) is 4.12. The molecule has 1 N–H and O–H groups in total. The van der Waals surface area contributed by atoms with E-state index in [0.29, 0.717) is 22.9 Å². The van der Waals surface area contributed by atoms with Crippen LogP contribution in [0.15, 0.2) is 24.3 Å². The summed E-state index contributed by atoms with van der Waals surface area (Å²) in [5, 5.41) is 23.6. The Hall–Kier alpha value is -2.99. The van der Waals surface area contributed by atoms with Crippen LogP contribution in [0.4, 0.5) is 5.69 Å². The highest BCUT2D eigenvalue weighted by atomic mass is 32.1. The van der Waals surface area contributed by atoms with Gasteiger partial charge in [-0.05, 0) is 31.9 Å². The van der Waals surface area contributed by atoms with Gasteiger partial charge in [0, 0.05) is 22.2 Å². The molecule has 0 spiro atoms. The minimum atomic E-state index is -1.06. The summed E-state index contributed by atoms with van der Waals surface area (Å²) in [7, 11) is 0. The van der Waals surface area contributed by atoms with Crippen LogP contribution in [0, 0.1) is 21.4 Å². The zero-order valence-electron chi connectivity index (χ0n) is 15.3. The highest BCUT2D eigenvalue weighted by molar-refractivity contribution is 7.20. The number of amides is 1. The first-order chi connectivity index (χ1) is 13.3. The first kappa shape index (κ1) is 19.8. The van der Waals surface area contributed by atoms with Gasteiger partial charge in [-0.1, -0.05) is 19.3 Å². The predicted octanol–water partition coefficient (Wildman–Crippen LogP) is 3.70. The van der Waals surface area contributed by atoms with E-state index in [1.807, 2.05) is 0 Å². The molecular formula is C19H19N3O5S. The number of thiophene rings is 1. The lowest BCUT2D eigenvalue weighted by atomic mass is 9.83. The highest BCUT2D eigenvalue weighted by Crippen LogP contribution is 2.30. The molecule has 1 aromatic heterocycles. The fourth-order valence-corrected chi connectivity index (χ4v) is 4.20. The monoisotopic (exact) mass is 401 g/mol. The van der Waals surface area contributed by atoms with Gasteiger partial charge in [0.2, 0.25) is 0 Å². The van der Waals surface area contributed by atoms with Crippen LogP contribution in [0.1, 0.15) is 48.7 Å². The fraction of sp³-hybridized carbons (Fsp3) is 0.421. The molecule has 0 bridgehead atoms. The zero-order chi connectivity index (χ0) is 20.3. The Morgan fingerprint density at radius 1 is 1.32 bits per heavy atom. The number of nitriles is 1. The molecule has 1 saturated carbocycles. The average Bonchev–Trinajstić information content (AvgIpc) is 3.12. The van der Waals surface area contributed by atoms with Crippen molar-refractivity contribution in [1.29, 1.82) is 5.26 Å². The number of hydrogen-bond donors (Lipinski definition) is 1. The third-order valence-corrected chi connectivity index (χ3v) is 5.94. The smallest absolute Gasteiger partial charge is 0.349 e. The number of nitro benzene ring substituents is 1. The van der Waals surface area contributed by atoms with Crippen molar-refractivity contribution in [2.24, 2.45) is 0 Å². The van der Waals surface area contributed by atoms with Crippen LogP contribution in [0.3, 0.4) is 0 Å². The van der Waals surface area contributed by atoms with Crippen LogP contribution in [0.25, 0.3) is 10.1 Å². The molecule has 146 valence electrons.